The standard InChI is InChI=1S/C30H48O4/c1-26(2)22-9-8-20-19(28(22,5)13-12-23(26)31)11-15-29(6)18(10-14-30(20,29)7)17-16-21(33-25(17)32)24-27(3,4)34-24/h8,17-19,21-25,31-32H,9-16H2,1-7H3/t17-,18-,19-,21+,22-,23-,24+,25+,28+,29-,30+/m0/s1. The van der Waals surface area contributed by atoms with Crippen molar-refractivity contribution in [1.29, 1.82) is 0 Å². The molecule has 0 aromatic rings. The van der Waals surface area contributed by atoms with E-state index in [0.29, 0.717) is 17.8 Å². The van der Waals surface area contributed by atoms with Gasteiger partial charge in [-0.05, 0) is 105 Å². The summed E-state index contributed by atoms with van der Waals surface area (Å²) in [6.07, 6.45) is 11.0. The van der Waals surface area contributed by atoms with Gasteiger partial charge in [-0.25, -0.2) is 0 Å². The van der Waals surface area contributed by atoms with Crippen LogP contribution in [0.3, 0.4) is 0 Å². The first-order valence-corrected chi connectivity index (χ1v) is 14.2. The van der Waals surface area contributed by atoms with Crippen LogP contribution >= 0.6 is 0 Å². The molecule has 4 nitrogen and oxygen atoms in total. The van der Waals surface area contributed by atoms with Crippen LogP contribution in [0.15, 0.2) is 11.6 Å². The van der Waals surface area contributed by atoms with Gasteiger partial charge in [-0.2, -0.15) is 0 Å². The van der Waals surface area contributed by atoms with E-state index in [2.05, 4.69) is 54.5 Å². The summed E-state index contributed by atoms with van der Waals surface area (Å²) in [6.45, 7) is 16.5. The molecule has 0 aromatic heterocycles. The second-order valence-corrected chi connectivity index (χ2v) is 14.9. The Bertz CT molecular complexity index is 892. The maximum Gasteiger partial charge on any atom is 0.158 e. The molecule has 3 saturated carbocycles. The Morgan fingerprint density at radius 3 is 2.29 bits per heavy atom. The first-order chi connectivity index (χ1) is 15.8. The van der Waals surface area contributed by atoms with Crippen molar-refractivity contribution in [3.8, 4) is 0 Å². The van der Waals surface area contributed by atoms with Crippen molar-refractivity contribution in [3.05, 3.63) is 11.6 Å². The molecule has 2 N–H and O–H groups in total. The molecule has 0 amide bonds. The van der Waals surface area contributed by atoms with Gasteiger partial charge in [-0.15, -0.1) is 0 Å². The van der Waals surface area contributed by atoms with Gasteiger partial charge < -0.3 is 19.7 Å². The predicted molar refractivity (Wildman–Crippen MR) is 133 cm³/mol. The van der Waals surface area contributed by atoms with Crippen molar-refractivity contribution in [2.24, 2.45) is 45.3 Å². The summed E-state index contributed by atoms with van der Waals surface area (Å²) in [5, 5.41) is 21.9. The molecule has 11 atom stereocenters. The molecule has 0 unspecified atom stereocenters. The number of epoxide rings is 1. The number of aliphatic hydroxyl groups is 2. The van der Waals surface area contributed by atoms with E-state index in [4.69, 9.17) is 9.47 Å². The topological polar surface area (TPSA) is 62.2 Å². The number of rotatable bonds is 2. The number of ether oxygens (including phenoxy) is 2. The molecule has 0 aromatic carbocycles. The lowest BCUT2D eigenvalue weighted by Gasteiger charge is -2.64. The van der Waals surface area contributed by atoms with Crippen LogP contribution in [0.25, 0.3) is 0 Å². The van der Waals surface area contributed by atoms with Crippen LogP contribution in [0.2, 0.25) is 0 Å². The fourth-order valence-electron chi connectivity index (χ4n) is 10.5. The third-order valence-corrected chi connectivity index (χ3v) is 13.0. The third-order valence-electron chi connectivity index (χ3n) is 13.0. The van der Waals surface area contributed by atoms with Gasteiger partial charge in [0.25, 0.3) is 0 Å². The first kappa shape index (κ1) is 23.9. The Hall–Kier alpha value is -0.420. The number of hydrogen-bond donors (Lipinski definition) is 2. The molecule has 5 fully saturated rings. The second kappa shape index (κ2) is 7.11. The zero-order valence-corrected chi connectivity index (χ0v) is 22.6. The molecule has 6 rings (SSSR count). The van der Waals surface area contributed by atoms with Crippen LogP contribution < -0.4 is 0 Å². The minimum atomic E-state index is -0.658. The van der Waals surface area contributed by atoms with E-state index in [1.165, 1.54) is 25.7 Å². The number of allylic oxidation sites excluding steroid dienone is 2. The SMILES string of the molecule is CC1(C)O[C@@H]1[C@H]1C[C@@H]([C@@H]2CC[C@]3(C)C4=CC[C@H]5C(C)(C)[C@@H](O)CC[C@]5(C)[C@H]4CC[C@@]23C)[C@H](O)O1. The van der Waals surface area contributed by atoms with Gasteiger partial charge in [0.15, 0.2) is 6.29 Å². The quantitative estimate of drug-likeness (QED) is 0.391. The van der Waals surface area contributed by atoms with E-state index in [9.17, 15) is 10.2 Å². The number of hydrogen-bond acceptors (Lipinski definition) is 4. The highest BCUT2D eigenvalue weighted by Crippen LogP contribution is 2.73. The molecule has 0 bridgehead atoms. The summed E-state index contributed by atoms with van der Waals surface area (Å²) in [5.41, 5.74) is 2.28. The molecule has 2 heterocycles. The van der Waals surface area contributed by atoms with Gasteiger partial charge >= 0.3 is 0 Å². The lowest BCUT2D eigenvalue weighted by molar-refractivity contribution is -0.143. The Morgan fingerprint density at radius 1 is 0.912 bits per heavy atom. The van der Waals surface area contributed by atoms with Crippen molar-refractivity contribution in [2.45, 2.75) is 130 Å². The zero-order valence-electron chi connectivity index (χ0n) is 22.6. The highest BCUT2D eigenvalue weighted by Gasteiger charge is 2.67. The maximum absolute atomic E-state index is 11.0. The van der Waals surface area contributed by atoms with Crippen molar-refractivity contribution >= 4 is 0 Å². The number of fused-ring (bicyclic) bond motifs is 5. The molecule has 192 valence electrons. The summed E-state index contributed by atoms with van der Waals surface area (Å²) in [5.74, 6) is 1.89. The molecule has 4 aliphatic carbocycles. The Labute approximate surface area is 206 Å². The highest BCUT2D eigenvalue weighted by atomic mass is 16.7. The first-order valence-electron chi connectivity index (χ1n) is 14.2. The van der Waals surface area contributed by atoms with Gasteiger partial charge in [0, 0.05) is 5.92 Å². The lowest BCUT2D eigenvalue weighted by Crippen LogP contribution is -2.58. The minimum absolute atomic E-state index is 0.0200. The molecule has 0 radical (unpaired) electrons. The summed E-state index contributed by atoms with van der Waals surface area (Å²) in [6, 6.07) is 0. The van der Waals surface area contributed by atoms with E-state index >= 15 is 0 Å². The van der Waals surface area contributed by atoms with Crippen molar-refractivity contribution in [1.82, 2.24) is 0 Å². The highest BCUT2D eigenvalue weighted by molar-refractivity contribution is 5.33. The Balaban J connectivity index is 1.29. The summed E-state index contributed by atoms with van der Waals surface area (Å²) < 4.78 is 12.0. The summed E-state index contributed by atoms with van der Waals surface area (Å²) in [7, 11) is 0. The Morgan fingerprint density at radius 2 is 1.62 bits per heavy atom. The average molecular weight is 473 g/mol. The normalized spacial score (nSPS) is 57.4. The fourth-order valence-corrected chi connectivity index (χ4v) is 10.5. The van der Waals surface area contributed by atoms with E-state index in [-0.39, 0.29) is 51.5 Å². The van der Waals surface area contributed by atoms with Crippen molar-refractivity contribution < 1.29 is 19.7 Å². The molecular weight excluding hydrogens is 424 g/mol. The van der Waals surface area contributed by atoms with Crippen LogP contribution in [0.1, 0.15) is 99.8 Å². The lowest BCUT2D eigenvalue weighted by atomic mass is 9.41. The van der Waals surface area contributed by atoms with E-state index in [1.807, 2.05) is 0 Å². The van der Waals surface area contributed by atoms with Crippen LogP contribution in [-0.4, -0.2) is 40.4 Å². The Kier molecular flexibility index (Phi) is 5.01. The van der Waals surface area contributed by atoms with E-state index in [1.54, 1.807) is 5.57 Å². The van der Waals surface area contributed by atoms with Crippen LogP contribution in [-0.2, 0) is 9.47 Å². The van der Waals surface area contributed by atoms with E-state index in [0.717, 1.165) is 25.7 Å². The molecule has 34 heavy (non-hydrogen) atoms. The summed E-state index contributed by atoms with van der Waals surface area (Å²) >= 11 is 0. The molecule has 0 spiro atoms. The van der Waals surface area contributed by atoms with Gasteiger partial charge in [-0.3, -0.25) is 0 Å². The fraction of sp³-hybridized carbons (Fsp3) is 0.933. The van der Waals surface area contributed by atoms with Crippen LogP contribution in [0.4, 0.5) is 0 Å². The van der Waals surface area contributed by atoms with Crippen molar-refractivity contribution in [3.63, 3.8) is 0 Å². The smallest absolute Gasteiger partial charge is 0.158 e. The average Bonchev–Trinajstić information content (AvgIpc) is 3.08. The predicted octanol–water partition coefficient (Wildman–Crippen LogP) is 5.85. The minimum Gasteiger partial charge on any atom is -0.393 e. The molecular formula is C30H48O4. The third kappa shape index (κ3) is 2.92. The molecule has 2 saturated heterocycles. The maximum atomic E-state index is 11.0. The van der Waals surface area contributed by atoms with Gasteiger partial charge in [0.1, 0.15) is 6.10 Å². The van der Waals surface area contributed by atoms with E-state index < -0.39 is 6.29 Å². The van der Waals surface area contributed by atoms with Gasteiger partial charge in [0.05, 0.1) is 17.8 Å². The van der Waals surface area contributed by atoms with Crippen LogP contribution in [0.5, 0.6) is 0 Å². The largest absolute Gasteiger partial charge is 0.393 e. The van der Waals surface area contributed by atoms with Gasteiger partial charge in [-0.1, -0.05) is 46.3 Å². The summed E-state index contributed by atoms with van der Waals surface area (Å²) in [4.78, 5) is 0. The van der Waals surface area contributed by atoms with Crippen LogP contribution in [0, 0.1) is 45.3 Å². The monoisotopic (exact) mass is 472 g/mol. The second-order valence-electron chi connectivity index (χ2n) is 14.9. The van der Waals surface area contributed by atoms with Gasteiger partial charge in [0.2, 0.25) is 0 Å². The molecule has 6 aliphatic rings. The number of aliphatic hydroxyl groups excluding tert-OH is 2. The zero-order chi connectivity index (χ0) is 24.5. The molecule has 2 aliphatic heterocycles. The molecule has 4 heteroatoms. The van der Waals surface area contributed by atoms with Crippen molar-refractivity contribution in [2.75, 3.05) is 0 Å².